The van der Waals surface area contributed by atoms with Gasteiger partial charge in [0.1, 0.15) is 11.3 Å². The Kier molecular flexibility index (Phi) is 3.59. The molecule has 0 spiro atoms. The van der Waals surface area contributed by atoms with Gasteiger partial charge in [-0.25, -0.2) is 4.98 Å². The number of rotatable bonds is 4. The van der Waals surface area contributed by atoms with E-state index in [0.29, 0.717) is 0 Å². The van der Waals surface area contributed by atoms with Crippen LogP contribution in [0.25, 0.3) is 10.9 Å². The second-order valence-corrected chi connectivity index (χ2v) is 4.14. The Morgan fingerprint density at radius 1 is 1.35 bits per heavy atom. The Morgan fingerprint density at radius 2 is 2.18 bits per heavy atom. The van der Waals surface area contributed by atoms with Gasteiger partial charge in [0.15, 0.2) is 0 Å². The summed E-state index contributed by atoms with van der Waals surface area (Å²) in [6, 6.07) is 8.19. The zero-order chi connectivity index (χ0) is 12.3. The minimum absolute atomic E-state index is 0.841. The van der Waals surface area contributed by atoms with Crippen LogP contribution in [0, 0.1) is 6.92 Å². The van der Waals surface area contributed by atoms with Crippen molar-refractivity contribution >= 4 is 10.9 Å². The summed E-state index contributed by atoms with van der Waals surface area (Å²) in [5.74, 6) is 0.841. The van der Waals surface area contributed by atoms with E-state index in [4.69, 9.17) is 9.72 Å². The van der Waals surface area contributed by atoms with Crippen LogP contribution in [-0.2, 0) is 6.42 Å². The van der Waals surface area contributed by atoms with Gasteiger partial charge in [-0.2, -0.15) is 0 Å². The quantitative estimate of drug-likeness (QED) is 0.875. The predicted octanol–water partition coefficient (Wildman–Crippen LogP) is 2.31. The Hall–Kier alpha value is -1.61. The summed E-state index contributed by atoms with van der Waals surface area (Å²) in [7, 11) is 3.64. The maximum absolute atomic E-state index is 5.35. The van der Waals surface area contributed by atoms with Gasteiger partial charge in [0.25, 0.3) is 0 Å². The third-order valence-corrected chi connectivity index (χ3v) is 2.94. The van der Waals surface area contributed by atoms with Gasteiger partial charge in [0.2, 0.25) is 0 Å². The van der Waals surface area contributed by atoms with Crippen molar-refractivity contribution in [2.45, 2.75) is 13.3 Å². The average molecular weight is 230 g/mol. The first-order valence-corrected chi connectivity index (χ1v) is 5.84. The molecule has 3 heteroatoms. The number of pyridine rings is 1. The number of benzene rings is 1. The number of ether oxygens (including phenoxy) is 1. The number of para-hydroxylation sites is 1. The summed E-state index contributed by atoms with van der Waals surface area (Å²) in [5, 5.41) is 4.28. The van der Waals surface area contributed by atoms with Crippen molar-refractivity contribution in [3.63, 3.8) is 0 Å². The molecule has 90 valence electrons. The molecule has 0 saturated carbocycles. The second-order valence-electron chi connectivity index (χ2n) is 4.14. The molecular weight excluding hydrogens is 212 g/mol. The molecule has 3 nitrogen and oxygen atoms in total. The van der Waals surface area contributed by atoms with Gasteiger partial charge in [0, 0.05) is 24.0 Å². The van der Waals surface area contributed by atoms with Crippen molar-refractivity contribution in [2.24, 2.45) is 0 Å². The minimum atomic E-state index is 0.841. The fourth-order valence-electron chi connectivity index (χ4n) is 1.98. The number of hydrogen-bond donors (Lipinski definition) is 1. The number of aromatic nitrogens is 1. The summed E-state index contributed by atoms with van der Waals surface area (Å²) in [6.45, 7) is 3.05. The zero-order valence-corrected chi connectivity index (χ0v) is 10.6. The molecule has 0 unspecified atom stereocenters. The highest BCUT2D eigenvalue weighted by Gasteiger charge is 2.06. The number of nitrogens with zero attached hydrogens (tertiary/aromatic N) is 1. The molecular formula is C14H18N2O. The van der Waals surface area contributed by atoms with E-state index in [1.807, 2.05) is 19.2 Å². The molecule has 0 saturated heterocycles. The van der Waals surface area contributed by atoms with Crippen LogP contribution in [0.3, 0.4) is 0 Å². The number of aryl methyl sites for hydroxylation is 1. The summed E-state index contributed by atoms with van der Waals surface area (Å²) in [6.07, 6.45) is 0.941. The second kappa shape index (κ2) is 5.15. The summed E-state index contributed by atoms with van der Waals surface area (Å²) >= 11 is 0. The van der Waals surface area contributed by atoms with Gasteiger partial charge in [0.05, 0.1) is 7.11 Å². The van der Waals surface area contributed by atoms with Gasteiger partial charge in [-0.15, -0.1) is 0 Å². The highest BCUT2D eigenvalue weighted by Crippen LogP contribution is 2.25. The Morgan fingerprint density at radius 3 is 2.88 bits per heavy atom. The smallest absolute Gasteiger partial charge is 0.145 e. The molecule has 0 atom stereocenters. The van der Waals surface area contributed by atoms with Gasteiger partial charge in [-0.1, -0.05) is 12.1 Å². The number of fused-ring (bicyclic) bond motifs is 1. The van der Waals surface area contributed by atoms with Crippen molar-refractivity contribution < 1.29 is 4.74 Å². The predicted molar refractivity (Wildman–Crippen MR) is 70.7 cm³/mol. The molecule has 1 N–H and O–H groups in total. The maximum Gasteiger partial charge on any atom is 0.145 e. The van der Waals surface area contributed by atoms with E-state index >= 15 is 0 Å². The normalized spacial score (nSPS) is 10.8. The molecule has 1 heterocycles. The summed E-state index contributed by atoms with van der Waals surface area (Å²) in [4.78, 5) is 4.72. The molecule has 1 aromatic carbocycles. The molecule has 0 aliphatic rings. The molecule has 0 aliphatic carbocycles. The highest BCUT2D eigenvalue weighted by atomic mass is 16.5. The van der Waals surface area contributed by atoms with E-state index in [1.54, 1.807) is 7.11 Å². The monoisotopic (exact) mass is 230 g/mol. The van der Waals surface area contributed by atoms with Crippen molar-refractivity contribution in [2.75, 3.05) is 20.7 Å². The first kappa shape index (κ1) is 11.9. The fourth-order valence-corrected chi connectivity index (χ4v) is 1.98. The first-order valence-electron chi connectivity index (χ1n) is 5.84. The van der Waals surface area contributed by atoms with Crippen LogP contribution < -0.4 is 10.1 Å². The molecule has 17 heavy (non-hydrogen) atoms. The molecule has 0 bridgehead atoms. The number of nitrogens with one attached hydrogen (secondary N) is 1. The number of hydrogen-bond acceptors (Lipinski definition) is 3. The Balaban J connectivity index is 2.52. The third-order valence-electron chi connectivity index (χ3n) is 2.94. The minimum Gasteiger partial charge on any atom is -0.494 e. The molecule has 0 fully saturated rings. The highest BCUT2D eigenvalue weighted by molar-refractivity contribution is 5.85. The van der Waals surface area contributed by atoms with E-state index in [1.165, 1.54) is 5.56 Å². The average Bonchev–Trinajstić information content (AvgIpc) is 2.35. The topological polar surface area (TPSA) is 34.2 Å². The summed E-state index contributed by atoms with van der Waals surface area (Å²) < 4.78 is 5.35. The molecule has 1 aromatic heterocycles. The van der Waals surface area contributed by atoms with Crippen molar-refractivity contribution in [1.29, 1.82) is 0 Å². The lowest BCUT2D eigenvalue weighted by molar-refractivity contribution is 0.419. The van der Waals surface area contributed by atoms with Gasteiger partial charge < -0.3 is 10.1 Å². The third kappa shape index (κ3) is 2.39. The van der Waals surface area contributed by atoms with E-state index in [9.17, 15) is 0 Å². The molecule has 0 radical (unpaired) electrons. The Bertz CT molecular complexity index is 523. The maximum atomic E-state index is 5.35. The first-order chi connectivity index (χ1) is 8.26. The van der Waals surface area contributed by atoms with Crippen LogP contribution in [0.15, 0.2) is 24.3 Å². The van der Waals surface area contributed by atoms with Crippen LogP contribution in [0.4, 0.5) is 0 Å². The lowest BCUT2D eigenvalue weighted by Gasteiger charge is -2.09. The fraction of sp³-hybridized carbons (Fsp3) is 0.357. The molecule has 0 aliphatic heterocycles. The van der Waals surface area contributed by atoms with Crippen LogP contribution in [0.2, 0.25) is 0 Å². The van der Waals surface area contributed by atoms with E-state index in [0.717, 1.165) is 35.3 Å². The van der Waals surface area contributed by atoms with Gasteiger partial charge in [-0.3, -0.25) is 0 Å². The van der Waals surface area contributed by atoms with E-state index in [-0.39, 0.29) is 0 Å². The van der Waals surface area contributed by atoms with Crippen molar-refractivity contribution in [1.82, 2.24) is 10.3 Å². The van der Waals surface area contributed by atoms with Gasteiger partial charge in [-0.05, 0) is 31.7 Å². The standard InChI is InChI=1S/C14H18N2O/c1-10-9-11-5-4-6-13(17-3)14(11)16-12(10)7-8-15-2/h4-6,9,15H,7-8H2,1-3H3. The van der Waals surface area contributed by atoms with E-state index in [2.05, 4.69) is 24.4 Å². The van der Waals surface area contributed by atoms with E-state index < -0.39 is 0 Å². The number of methoxy groups -OCH3 is 1. The van der Waals surface area contributed by atoms with Crippen LogP contribution in [-0.4, -0.2) is 25.7 Å². The lowest BCUT2D eigenvalue weighted by Crippen LogP contribution is -2.12. The van der Waals surface area contributed by atoms with Crippen molar-refractivity contribution in [3.8, 4) is 5.75 Å². The van der Waals surface area contributed by atoms with Gasteiger partial charge >= 0.3 is 0 Å². The molecule has 2 rings (SSSR count). The largest absolute Gasteiger partial charge is 0.494 e. The molecule has 0 amide bonds. The summed E-state index contributed by atoms with van der Waals surface area (Å²) in [5.41, 5.74) is 3.32. The number of likely N-dealkylation sites (N-methyl/N-ethyl adjacent to an activating group) is 1. The lowest BCUT2D eigenvalue weighted by atomic mass is 10.1. The van der Waals surface area contributed by atoms with Crippen LogP contribution in [0.1, 0.15) is 11.3 Å². The molecule has 2 aromatic rings. The SMILES string of the molecule is CNCCc1nc2c(OC)cccc2cc1C. The Labute approximate surface area is 102 Å². The van der Waals surface area contributed by atoms with Crippen LogP contribution in [0.5, 0.6) is 5.75 Å². The van der Waals surface area contributed by atoms with Crippen LogP contribution >= 0.6 is 0 Å². The van der Waals surface area contributed by atoms with Crippen molar-refractivity contribution in [3.05, 3.63) is 35.5 Å². The zero-order valence-electron chi connectivity index (χ0n) is 10.6.